The SMILES string of the molecule is O=C(O)C1CCN(C(=O)O)C(CN2CCOCC2)C1. The molecule has 0 aromatic heterocycles. The number of amides is 1. The van der Waals surface area contributed by atoms with Gasteiger partial charge in [0, 0.05) is 32.2 Å². The van der Waals surface area contributed by atoms with Crippen LogP contribution in [0.15, 0.2) is 0 Å². The lowest BCUT2D eigenvalue weighted by Gasteiger charge is -2.39. The molecule has 2 N–H and O–H groups in total. The third-order valence-corrected chi connectivity index (χ3v) is 3.88. The molecule has 2 heterocycles. The molecule has 2 fully saturated rings. The second-order valence-corrected chi connectivity index (χ2v) is 5.10. The number of nitrogens with zero attached hydrogens (tertiary/aromatic N) is 2. The molecule has 2 atom stereocenters. The quantitative estimate of drug-likeness (QED) is 0.760. The molecule has 0 spiro atoms. The molecule has 108 valence electrons. The number of hydrogen-bond acceptors (Lipinski definition) is 4. The second kappa shape index (κ2) is 6.21. The van der Waals surface area contributed by atoms with E-state index in [0.717, 1.165) is 13.1 Å². The molecule has 0 aliphatic carbocycles. The first-order valence-electron chi connectivity index (χ1n) is 6.60. The fourth-order valence-corrected chi connectivity index (χ4v) is 2.78. The van der Waals surface area contributed by atoms with E-state index >= 15 is 0 Å². The maximum atomic E-state index is 11.2. The second-order valence-electron chi connectivity index (χ2n) is 5.10. The van der Waals surface area contributed by atoms with Gasteiger partial charge in [-0.05, 0) is 12.8 Å². The third-order valence-electron chi connectivity index (χ3n) is 3.88. The minimum absolute atomic E-state index is 0.231. The Morgan fingerprint density at radius 3 is 2.42 bits per heavy atom. The van der Waals surface area contributed by atoms with Crippen molar-refractivity contribution < 1.29 is 24.5 Å². The van der Waals surface area contributed by atoms with Gasteiger partial charge in [-0.3, -0.25) is 9.69 Å². The first-order valence-corrected chi connectivity index (χ1v) is 6.60. The standard InChI is InChI=1S/C12H20N2O5/c15-11(16)9-1-2-14(12(17)18)10(7-9)8-13-3-5-19-6-4-13/h9-10H,1-8H2,(H,15,16)(H,17,18). The van der Waals surface area contributed by atoms with Crippen LogP contribution in [0.25, 0.3) is 0 Å². The van der Waals surface area contributed by atoms with Crippen molar-refractivity contribution in [3.8, 4) is 0 Å². The fraction of sp³-hybridized carbons (Fsp3) is 0.833. The van der Waals surface area contributed by atoms with Crippen LogP contribution in [0.2, 0.25) is 0 Å². The van der Waals surface area contributed by atoms with E-state index in [9.17, 15) is 14.7 Å². The lowest BCUT2D eigenvalue weighted by atomic mass is 9.91. The number of likely N-dealkylation sites (tertiary alicyclic amines) is 1. The van der Waals surface area contributed by atoms with E-state index < -0.39 is 18.0 Å². The molecule has 0 aromatic rings. The van der Waals surface area contributed by atoms with Crippen molar-refractivity contribution >= 4 is 12.1 Å². The van der Waals surface area contributed by atoms with E-state index in [1.165, 1.54) is 4.90 Å². The highest BCUT2D eigenvalue weighted by Crippen LogP contribution is 2.24. The molecule has 7 nitrogen and oxygen atoms in total. The summed E-state index contributed by atoms with van der Waals surface area (Å²) in [7, 11) is 0. The summed E-state index contributed by atoms with van der Waals surface area (Å²) in [4.78, 5) is 25.8. The Bertz CT molecular complexity index is 343. The molecule has 0 bridgehead atoms. The van der Waals surface area contributed by atoms with Crippen LogP contribution in [0.3, 0.4) is 0 Å². The van der Waals surface area contributed by atoms with Gasteiger partial charge in [-0.25, -0.2) is 4.79 Å². The molecule has 1 amide bonds. The van der Waals surface area contributed by atoms with Crippen LogP contribution in [0.1, 0.15) is 12.8 Å². The van der Waals surface area contributed by atoms with E-state index in [2.05, 4.69) is 4.90 Å². The smallest absolute Gasteiger partial charge is 0.407 e. The van der Waals surface area contributed by atoms with Crippen LogP contribution in [-0.4, -0.2) is 77.5 Å². The Morgan fingerprint density at radius 1 is 1.16 bits per heavy atom. The molecule has 19 heavy (non-hydrogen) atoms. The summed E-state index contributed by atoms with van der Waals surface area (Å²) in [5.41, 5.74) is 0. The zero-order valence-corrected chi connectivity index (χ0v) is 10.8. The molecule has 0 aromatic carbocycles. The molecule has 0 radical (unpaired) electrons. The van der Waals surface area contributed by atoms with Crippen LogP contribution in [0.5, 0.6) is 0 Å². The molecule has 2 aliphatic heterocycles. The van der Waals surface area contributed by atoms with Crippen molar-refractivity contribution in [1.82, 2.24) is 9.80 Å². The van der Waals surface area contributed by atoms with Crippen LogP contribution in [0, 0.1) is 5.92 Å². The Balaban J connectivity index is 1.98. The summed E-state index contributed by atoms with van der Waals surface area (Å²) in [5.74, 6) is -1.25. The summed E-state index contributed by atoms with van der Waals surface area (Å²) in [5, 5.41) is 18.3. The molecule has 2 unspecified atom stereocenters. The summed E-state index contributed by atoms with van der Waals surface area (Å²) < 4.78 is 5.26. The number of ether oxygens (including phenoxy) is 1. The molecule has 2 saturated heterocycles. The van der Waals surface area contributed by atoms with Gasteiger partial charge in [0.15, 0.2) is 0 Å². The number of hydrogen-bond donors (Lipinski definition) is 2. The number of piperidine rings is 1. The summed E-state index contributed by atoms with van der Waals surface area (Å²) in [6.07, 6.45) is -0.151. The van der Waals surface area contributed by atoms with E-state index in [1.807, 2.05) is 0 Å². The minimum atomic E-state index is -0.956. The first kappa shape index (κ1) is 14.1. The predicted molar refractivity (Wildman–Crippen MR) is 66.1 cm³/mol. The van der Waals surface area contributed by atoms with Gasteiger partial charge in [0.05, 0.1) is 19.1 Å². The summed E-state index contributed by atoms with van der Waals surface area (Å²) >= 11 is 0. The lowest BCUT2D eigenvalue weighted by molar-refractivity contribution is -0.144. The van der Waals surface area contributed by atoms with Crippen molar-refractivity contribution in [2.24, 2.45) is 5.92 Å². The molecule has 2 rings (SSSR count). The van der Waals surface area contributed by atoms with Gasteiger partial charge >= 0.3 is 12.1 Å². The van der Waals surface area contributed by atoms with Crippen LogP contribution >= 0.6 is 0 Å². The Labute approximate surface area is 111 Å². The highest BCUT2D eigenvalue weighted by atomic mass is 16.5. The maximum Gasteiger partial charge on any atom is 0.407 e. The average Bonchev–Trinajstić information content (AvgIpc) is 2.39. The highest BCUT2D eigenvalue weighted by molar-refractivity contribution is 5.71. The topological polar surface area (TPSA) is 90.3 Å². The summed E-state index contributed by atoms with van der Waals surface area (Å²) in [6, 6.07) is -0.231. The van der Waals surface area contributed by atoms with Crippen molar-refractivity contribution in [1.29, 1.82) is 0 Å². The Kier molecular flexibility index (Phi) is 4.60. The molecular weight excluding hydrogens is 252 g/mol. The van der Waals surface area contributed by atoms with Crippen molar-refractivity contribution in [3.63, 3.8) is 0 Å². The van der Waals surface area contributed by atoms with Gasteiger partial charge in [-0.2, -0.15) is 0 Å². The van der Waals surface area contributed by atoms with E-state index in [0.29, 0.717) is 39.1 Å². The zero-order chi connectivity index (χ0) is 13.8. The van der Waals surface area contributed by atoms with E-state index in [-0.39, 0.29) is 6.04 Å². The number of carboxylic acid groups (broad SMARTS) is 2. The monoisotopic (exact) mass is 272 g/mol. The summed E-state index contributed by atoms with van der Waals surface area (Å²) in [6.45, 7) is 3.77. The average molecular weight is 272 g/mol. The molecule has 2 aliphatic rings. The van der Waals surface area contributed by atoms with Gasteiger partial charge in [0.1, 0.15) is 0 Å². The Morgan fingerprint density at radius 2 is 1.84 bits per heavy atom. The highest BCUT2D eigenvalue weighted by Gasteiger charge is 2.35. The minimum Gasteiger partial charge on any atom is -0.481 e. The number of rotatable bonds is 3. The maximum absolute atomic E-state index is 11.2. The Hall–Kier alpha value is -1.34. The van der Waals surface area contributed by atoms with Gasteiger partial charge in [-0.15, -0.1) is 0 Å². The van der Waals surface area contributed by atoms with E-state index in [1.54, 1.807) is 0 Å². The van der Waals surface area contributed by atoms with Crippen molar-refractivity contribution in [2.45, 2.75) is 18.9 Å². The van der Waals surface area contributed by atoms with Gasteiger partial charge in [0.2, 0.25) is 0 Å². The van der Waals surface area contributed by atoms with E-state index in [4.69, 9.17) is 9.84 Å². The fourth-order valence-electron chi connectivity index (χ4n) is 2.78. The van der Waals surface area contributed by atoms with Crippen molar-refractivity contribution in [2.75, 3.05) is 39.4 Å². The molecular formula is C12H20N2O5. The van der Waals surface area contributed by atoms with Crippen LogP contribution in [-0.2, 0) is 9.53 Å². The van der Waals surface area contributed by atoms with Gasteiger partial charge < -0.3 is 19.8 Å². The third kappa shape index (κ3) is 3.57. The largest absolute Gasteiger partial charge is 0.481 e. The van der Waals surface area contributed by atoms with Gasteiger partial charge in [-0.1, -0.05) is 0 Å². The zero-order valence-electron chi connectivity index (χ0n) is 10.8. The van der Waals surface area contributed by atoms with Crippen LogP contribution < -0.4 is 0 Å². The normalized spacial score (nSPS) is 29.2. The molecule has 7 heteroatoms. The first-order chi connectivity index (χ1) is 9.08. The lowest BCUT2D eigenvalue weighted by Crippen LogP contribution is -2.53. The number of aliphatic carboxylic acids is 1. The number of carboxylic acids is 1. The number of carbonyl (C=O) groups is 2. The number of morpholine rings is 1. The van der Waals surface area contributed by atoms with Gasteiger partial charge in [0.25, 0.3) is 0 Å². The molecule has 0 saturated carbocycles. The predicted octanol–water partition coefficient (Wildman–Crippen LogP) is 0.162. The van der Waals surface area contributed by atoms with Crippen LogP contribution in [0.4, 0.5) is 4.79 Å². The van der Waals surface area contributed by atoms with Crippen molar-refractivity contribution in [3.05, 3.63) is 0 Å².